The van der Waals surface area contributed by atoms with Gasteiger partial charge in [0.2, 0.25) is 5.95 Å². The maximum absolute atomic E-state index is 12.3. The van der Waals surface area contributed by atoms with Crippen LogP contribution in [0.1, 0.15) is 25.7 Å². The van der Waals surface area contributed by atoms with E-state index >= 15 is 0 Å². The summed E-state index contributed by atoms with van der Waals surface area (Å²) in [6.45, 7) is 4.08. The van der Waals surface area contributed by atoms with Crippen LogP contribution in [0.2, 0.25) is 0 Å². The molecule has 1 N–H and O–H groups in total. The minimum absolute atomic E-state index is 0.0360. The van der Waals surface area contributed by atoms with Gasteiger partial charge < -0.3 is 4.90 Å². The van der Waals surface area contributed by atoms with Crippen molar-refractivity contribution in [1.82, 2.24) is 14.9 Å². The lowest BCUT2D eigenvalue weighted by atomic mass is 9.93. The number of anilines is 1. The van der Waals surface area contributed by atoms with Crippen LogP contribution in [0.5, 0.6) is 0 Å². The number of aromatic amines is 1. The number of benzene rings is 1. The van der Waals surface area contributed by atoms with Crippen molar-refractivity contribution in [3.63, 3.8) is 0 Å². The fraction of sp³-hybridized carbons (Fsp3) is 0.579. The van der Waals surface area contributed by atoms with E-state index in [-0.39, 0.29) is 5.56 Å². The minimum Gasteiger partial charge on any atom is -0.340 e. The molecule has 5 heteroatoms. The van der Waals surface area contributed by atoms with E-state index in [1.54, 1.807) is 0 Å². The summed E-state index contributed by atoms with van der Waals surface area (Å²) in [5.74, 6) is 2.67. The standard InChI is InChI=1S/C19H24N4O/c24-18-15-3-1-2-4-16(15)20-19(21-18)23-9-7-22(8-10-23)17-12-13-5-6-14(17)11-13/h1-4,13-14,17H,5-12H2,(H,20,21,24). The molecule has 2 bridgehead atoms. The van der Waals surface area contributed by atoms with Gasteiger partial charge in [0.05, 0.1) is 10.9 Å². The summed E-state index contributed by atoms with van der Waals surface area (Å²) in [4.78, 5) is 24.8. The third-order valence-corrected chi connectivity index (χ3v) is 6.38. The number of H-pyrrole nitrogens is 1. The fourth-order valence-corrected chi connectivity index (χ4v) is 5.15. The van der Waals surface area contributed by atoms with E-state index in [0.717, 1.165) is 55.5 Å². The predicted molar refractivity (Wildman–Crippen MR) is 95.4 cm³/mol. The van der Waals surface area contributed by atoms with Crippen LogP contribution in [-0.2, 0) is 0 Å². The number of nitrogens with zero attached hydrogens (tertiary/aromatic N) is 3. The van der Waals surface area contributed by atoms with Crippen LogP contribution >= 0.6 is 0 Å². The Morgan fingerprint density at radius 3 is 2.62 bits per heavy atom. The molecule has 126 valence electrons. The van der Waals surface area contributed by atoms with E-state index in [2.05, 4.69) is 19.8 Å². The first kappa shape index (κ1) is 14.5. The molecule has 0 radical (unpaired) electrons. The summed E-state index contributed by atoms with van der Waals surface area (Å²) >= 11 is 0. The van der Waals surface area contributed by atoms with Gasteiger partial charge in [0.25, 0.3) is 5.56 Å². The number of piperazine rings is 1. The molecule has 2 saturated carbocycles. The highest BCUT2D eigenvalue weighted by Gasteiger charge is 2.42. The minimum atomic E-state index is -0.0360. The van der Waals surface area contributed by atoms with Gasteiger partial charge in [-0.2, -0.15) is 0 Å². The van der Waals surface area contributed by atoms with Crippen LogP contribution in [0.4, 0.5) is 5.95 Å². The molecule has 2 aromatic rings. The quantitative estimate of drug-likeness (QED) is 0.920. The molecule has 3 aliphatic rings. The van der Waals surface area contributed by atoms with Crippen LogP contribution in [0.25, 0.3) is 10.9 Å². The van der Waals surface area contributed by atoms with E-state index in [1.165, 1.54) is 25.7 Å². The van der Waals surface area contributed by atoms with E-state index in [4.69, 9.17) is 0 Å². The van der Waals surface area contributed by atoms with Gasteiger partial charge in [-0.15, -0.1) is 0 Å². The van der Waals surface area contributed by atoms with Crippen molar-refractivity contribution in [3.05, 3.63) is 34.6 Å². The molecule has 2 heterocycles. The number of rotatable bonds is 2. The summed E-state index contributed by atoms with van der Waals surface area (Å²) in [7, 11) is 0. The maximum Gasteiger partial charge on any atom is 0.260 e. The Labute approximate surface area is 141 Å². The lowest BCUT2D eigenvalue weighted by Gasteiger charge is -2.41. The maximum atomic E-state index is 12.3. The first-order chi connectivity index (χ1) is 11.8. The highest BCUT2D eigenvalue weighted by Crippen LogP contribution is 2.46. The van der Waals surface area contributed by atoms with Crippen molar-refractivity contribution in [2.75, 3.05) is 31.1 Å². The topological polar surface area (TPSA) is 52.2 Å². The summed E-state index contributed by atoms with van der Waals surface area (Å²) in [5, 5.41) is 0.668. The summed E-state index contributed by atoms with van der Waals surface area (Å²) in [6, 6.07) is 8.38. The SMILES string of the molecule is O=c1[nH]c(N2CCN(C3CC4CCC3C4)CC2)nc2ccccc12. The first-order valence-electron chi connectivity index (χ1n) is 9.26. The van der Waals surface area contributed by atoms with Crippen LogP contribution in [0.3, 0.4) is 0 Å². The number of para-hydroxylation sites is 1. The Morgan fingerprint density at radius 2 is 1.88 bits per heavy atom. The summed E-state index contributed by atoms with van der Waals surface area (Å²) in [6.07, 6.45) is 5.78. The molecule has 5 nitrogen and oxygen atoms in total. The average Bonchev–Trinajstić information content (AvgIpc) is 3.25. The Bertz CT molecular complexity index is 808. The number of nitrogens with one attached hydrogen (secondary N) is 1. The van der Waals surface area contributed by atoms with Gasteiger partial charge in [-0.3, -0.25) is 14.7 Å². The Balaban J connectivity index is 1.32. The molecule has 1 saturated heterocycles. The van der Waals surface area contributed by atoms with E-state index in [1.807, 2.05) is 24.3 Å². The average molecular weight is 324 g/mol. The second kappa shape index (κ2) is 5.59. The molecule has 1 aliphatic heterocycles. The molecule has 1 aromatic heterocycles. The largest absolute Gasteiger partial charge is 0.340 e. The summed E-state index contributed by atoms with van der Waals surface area (Å²) in [5.41, 5.74) is 0.748. The van der Waals surface area contributed by atoms with Crippen LogP contribution < -0.4 is 10.5 Å². The zero-order chi connectivity index (χ0) is 16.1. The van der Waals surface area contributed by atoms with E-state index in [9.17, 15) is 4.79 Å². The van der Waals surface area contributed by atoms with Gasteiger partial charge in [-0.25, -0.2) is 4.98 Å². The lowest BCUT2D eigenvalue weighted by Crippen LogP contribution is -2.52. The predicted octanol–water partition coefficient (Wildman–Crippen LogP) is 2.23. The van der Waals surface area contributed by atoms with Gasteiger partial charge in [0.1, 0.15) is 0 Å². The van der Waals surface area contributed by atoms with E-state index < -0.39 is 0 Å². The molecule has 1 aromatic carbocycles. The van der Waals surface area contributed by atoms with E-state index in [0.29, 0.717) is 5.39 Å². The van der Waals surface area contributed by atoms with Gasteiger partial charge in [-0.05, 0) is 43.2 Å². The molecule has 24 heavy (non-hydrogen) atoms. The van der Waals surface area contributed by atoms with Crippen molar-refractivity contribution in [2.45, 2.75) is 31.7 Å². The van der Waals surface area contributed by atoms with Gasteiger partial charge >= 0.3 is 0 Å². The van der Waals surface area contributed by atoms with Crippen molar-refractivity contribution in [1.29, 1.82) is 0 Å². The number of fused-ring (bicyclic) bond motifs is 3. The third-order valence-electron chi connectivity index (χ3n) is 6.38. The van der Waals surface area contributed by atoms with Gasteiger partial charge in [0, 0.05) is 32.2 Å². The molecule has 0 amide bonds. The highest BCUT2D eigenvalue weighted by atomic mass is 16.1. The molecular formula is C19H24N4O. The Hall–Kier alpha value is -1.88. The Kier molecular flexibility index (Phi) is 3.37. The normalized spacial score (nSPS) is 30.3. The molecule has 3 fully saturated rings. The zero-order valence-electron chi connectivity index (χ0n) is 13.9. The second-order valence-corrected chi connectivity index (χ2v) is 7.67. The summed E-state index contributed by atoms with van der Waals surface area (Å²) < 4.78 is 0. The number of aromatic nitrogens is 2. The molecule has 3 atom stereocenters. The molecule has 5 rings (SSSR count). The van der Waals surface area contributed by atoms with Crippen molar-refractivity contribution in [2.24, 2.45) is 11.8 Å². The van der Waals surface area contributed by atoms with Gasteiger partial charge in [-0.1, -0.05) is 18.6 Å². The molecule has 3 unspecified atom stereocenters. The molecule has 0 spiro atoms. The lowest BCUT2D eigenvalue weighted by molar-refractivity contribution is 0.134. The molecular weight excluding hydrogens is 300 g/mol. The smallest absolute Gasteiger partial charge is 0.260 e. The Morgan fingerprint density at radius 1 is 1.04 bits per heavy atom. The highest BCUT2D eigenvalue weighted by molar-refractivity contribution is 5.78. The van der Waals surface area contributed by atoms with Crippen LogP contribution in [-0.4, -0.2) is 47.1 Å². The zero-order valence-corrected chi connectivity index (χ0v) is 13.9. The second-order valence-electron chi connectivity index (χ2n) is 7.67. The fourth-order valence-electron chi connectivity index (χ4n) is 5.15. The van der Waals surface area contributed by atoms with Gasteiger partial charge in [0.15, 0.2) is 0 Å². The van der Waals surface area contributed by atoms with Crippen molar-refractivity contribution in [3.8, 4) is 0 Å². The number of hydrogen-bond donors (Lipinski definition) is 1. The monoisotopic (exact) mass is 324 g/mol. The number of hydrogen-bond acceptors (Lipinski definition) is 4. The van der Waals surface area contributed by atoms with Crippen molar-refractivity contribution >= 4 is 16.9 Å². The third kappa shape index (κ3) is 2.34. The van der Waals surface area contributed by atoms with Crippen LogP contribution in [0.15, 0.2) is 29.1 Å². The van der Waals surface area contributed by atoms with Crippen molar-refractivity contribution < 1.29 is 0 Å². The molecule has 2 aliphatic carbocycles. The first-order valence-corrected chi connectivity index (χ1v) is 9.26. The van der Waals surface area contributed by atoms with Crippen LogP contribution in [0, 0.1) is 11.8 Å².